The van der Waals surface area contributed by atoms with E-state index in [-0.39, 0.29) is 72.7 Å². The zero-order chi connectivity index (χ0) is 38.4. The van der Waals surface area contributed by atoms with Crippen LogP contribution in [-0.2, 0) is 47.6 Å². The van der Waals surface area contributed by atoms with Crippen molar-refractivity contribution >= 4 is 23.9 Å². The van der Waals surface area contributed by atoms with Crippen LogP contribution in [0.5, 0.6) is 0 Å². The molecule has 0 unspecified atom stereocenters. The van der Waals surface area contributed by atoms with Crippen molar-refractivity contribution in [3.63, 3.8) is 0 Å². The summed E-state index contributed by atoms with van der Waals surface area (Å²) in [6.07, 6.45) is 25.0. The normalized spacial score (nSPS) is 24.4. The highest BCUT2D eigenvalue weighted by Crippen LogP contribution is 2.36. The topological polar surface area (TPSA) is 124 Å². The summed E-state index contributed by atoms with van der Waals surface area (Å²) in [5.41, 5.74) is 0.847. The average Bonchev–Trinajstić information content (AvgIpc) is 3.85. The van der Waals surface area contributed by atoms with E-state index in [1.165, 1.54) is 59.3 Å². The number of cyclic esters (lactones) is 1. The van der Waals surface area contributed by atoms with Crippen molar-refractivity contribution in [1.82, 2.24) is 0 Å². The molecule has 8 atom stereocenters. The summed E-state index contributed by atoms with van der Waals surface area (Å²) in [6.45, 7) is 8.46. The van der Waals surface area contributed by atoms with E-state index < -0.39 is 0 Å². The molecule has 0 aromatic rings. The molecule has 2 saturated heterocycles. The minimum atomic E-state index is -0.312. The Bertz CT molecular complexity index is 1120. The predicted octanol–water partition coefficient (Wildman–Crippen LogP) is 9.57. The third-order valence-electron chi connectivity index (χ3n) is 11.0. The molecule has 10 nitrogen and oxygen atoms in total. The number of carbonyl (C=O) groups excluding carboxylic acids is 4. The maximum Gasteiger partial charge on any atom is 0.334 e. The van der Waals surface area contributed by atoms with Crippen LogP contribution in [0.3, 0.4) is 0 Å². The molecule has 3 heterocycles. The SMILES string of the molecule is CCCCC[C@@H](CCCC[C@@H](OC(C)=O)[C@H]1CC[C@H]([C@H]2CC[C@H]([C@@H](CCCCCCCCCCCCC3=C[C@H](C)OC3=O)OC(C)=O)O2)O1)OC(C)=O. The minimum Gasteiger partial charge on any atom is -0.463 e. The first kappa shape index (κ1) is 44.9. The molecule has 0 aromatic carbocycles. The van der Waals surface area contributed by atoms with E-state index in [9.17, 15) is 19.2 Å². The maximum absolute atomic E-state index is 12.0. The summed E-state index contributed by atoms with van der Waals surface area (Å²) >= 11 is 0. The smallest absolute Gasteiger partial charge is 0.334 e. The van der Waals surface area contributed by atoms with E-state index in [1.807, 2.05) is 13.0 Å². The lowest BCUT2D eigenvalue weighted by Crippen LogP contribution is -2.35. The van der Waals surface area contributed by atoms with Gasteiger partial charge in [0.25, 0.3) is 0 Å². The van der Waals surface area contributed by atoms with Crippen LogP contribution < -0.4 is 0 Å². The highest BCUT2D eigenvalue weighted by molar-refractivity contribution is 5.90. The van der Waals surface area contributed by atoms with Crippen LogP contribution in [-0.4, -0.2) is 72.7 Å². The van der Waals surface area contributed by atoms with E-state index in [0.29, 0.717) is 6.42 Å². The Balaban J connectivity index is 1.31. The zero-order valence-electron chi connectivity index (χ0n) is 33.7. The summed E-state index contributed by atoms with van der Waals surface area (Å²) in [5, 5.41) is 0. The maximum atomic E-state index is 12.0. The molecular formula is C43H72O10. The van der Waals surface area contributed by atoms with E-state index in [2.05, 4.69) is 6.92 Å². The number of carbonyl (C=O) groups is 4. The third kappa shape index (κ3) is 18.2. The van der Waals surface area contributed by atoms with Gasteiger partial charge < -0.3 is 28.4 Å². The monoisotopic (exact) mass is 749 g/mol. The first-order chi connectivity index (χ1) is 25.5. The predicted molar refractivity (Wildman–Crippen MR) is 204 cm³/mol. The largest absolute Gasteiger partial charge is 0.463 e. The van der Waals surface area contributed by atoms with Gasteiger partial charge in [-0.25, -0.2) is 4.79 Å². The molecule has 10 heteroatoms. The van der Waals surface area contributed by atoms with Crippen LogP contribution in [0.15, 0.2) is 11.6 Å². The first-order valence-electron chi connectivity index (χ1n) is 21.3. The van der Waals surface area contributed by atoms with Gasteiger partial charge in [-0.3, -0.25) is 14.4 Å². The van der Waals surface area contributed by atoms with Crippen molar-refractivity contribution in [3.05, 3.63) is 11.6 Å². The van der Waals surface area contributed by atoms with Crippen molar-refractivity contribution in [2.45, 2.75) is 238 Å². The molecule has 0 amide bonds. The molecule has 2 fully saturated rings. The fourth-order valence-electron chi connectivity index (χ4n) is 8.27. The van der Waals surface area contributed by atoms with Crippen LogP contribution >= 0.6 is 0 Å². The Morgan fingerprint density at radius 3 is 1.51 bits per heavy atom. The molecular weight excluding hydrogens is 676 g/mol. The summed E-state index contributed by atoms with van der Waals surface area (Å²) in [6, 6.07) is 0. The lowest BCUT2D eigenvalue weighted by atomic mass is 9.99. The molecule has 3 aliphatic rings. The minimum absolute atomic E-state index is 0.0566. The fraction of sp³-hybridized carbons (Fsp3) is 0.860. The van der Waals surface area contributed by atoms with Gasteiger partial charge >= 0.3 is 23.9 Å². The second-order valence-electron chi connectivity index (χ2n) is 15.8. The molecule has 3 rings (SSSR count). The molecule has 0 aromatic heterocycles. The standard InChI is InChI=1S/C43H72O10/c1-6-7-16-22-36(49-32(3)44)23-19-20-25-38(51-34(5)46)40-27-29-42(53-40)41-28-26-39(52-41)37(50-33(4)45)24-18-15-13-11-9-8-10-12-14-17-21-35-30-31(2)48-43(35)47/h30-31,36-42H,6-29H2,1-5H3/t31-,36-,37+,38+,39+,40+,41+,42+/m0/s1. The molecule has 53 heavy (non-hydrogen) atoms. The second kappa shape index (κ2) is 25.6. The lowest BCUT2D eigenvalue weighted by Gasteiger charge is -2.27. The number of hydrogen-bond donors (Lipinski definition) is 0. The molecule has 3 aliphatic heterocycles. The van der Waals surface area contributed by atoms with Crippen LogP contribution in [0.2, 0.25) is 0 Å². The number of hydrogen-bond acceptors (Lipinski definition) is 10. The summed E-state index contributed by atoms with van der Waals surface area (Å²) in [7, 11) is 0. The van der Waals surface area contributed by atoms with E-state index in [1.54, 1.807) is 0 Å². The Hall–Kier alpha value is -2.46. The Kier molecular flexibility index (Phi) is 21.7. The number of esters is 4. The Labute approximate surface area is 320 Å². The average molecular weight is 749 g/mol. The first-order valence-corrected chi connectivity index (χ1v) is 21.3. The molecule has 0 saturated carbocycles. The highest BCUT2D eigenvalue weighted by Gasteiger charge is 2.42. The van der Waals surface area contributed by atoms with Gasteiger partial charge in [-0.2, -0.15) is 0 Å². The van der Waals surface area contributed by atoms with Crippen LogP contribution in [0, 0.1) is 0 Å². The van der Waals surface area contributed by atoms with Gasteiger partial charge in [0, 0.05) is 26.3 Å². The van der Waals surface area contributed by atoms with Crippen LogP contribution in [0.4, 0.5) is 0 Å². The van der Waals surface area contributed by atoms with Crippen molar-refractivity contribution < 1.29 is 47.6 Å². The molecule has 0 aliphatic carbocycles. The second-order valence-corrected chi connectivity index (χ2v) is 15.8. The molecule has 0 radical (unpaired) electrons. The lowest BCUT2D eigenvalue weighted by molar-refractivity contribution is -0.164. The van der Waals surface area contributed by atoms with Gasteiger partial charge in [0.1, 0.15) is 24.4 Å². The number of ether oxygens (including phenoxy) is 6. The van der Waals surface area contributed by atoms with Crippen molar-refractivity contribution in [3.8, 4) is 0 Å². The van der Waals surface area contributed by atoms with Crippen molar-refractivity contribution in [2.75, 3.05) is 0 Å². The van der Waals surface area contributed by atoms with Gasteiger partial charge in [-0.05, 0) is 103 Å². The van der Waals surface area contributed by atoms with Crippen molar-refractivity contribution in [2.24, 2.45) is 0 Å². The van der Waals surface area contributed by atoms with Gasteiger partial charge in [-0.15, -0.1) is 0 Å². The Morgan fingerprint density at radius 1 is 0.623 bits per heavy atom. The van der Waals surface area contributed by atoms with Crippen LogP contribution in [0.25, 0.3) is 0 Å². The molecule has 0 spiro atoms. The molecule has 0 N–H and O–H groups in total. The number of unbranched alkanes of at least 4 members (excludes halogenated alkanes) is 12. The summed E-state index contributed by atoms with van der Waals surface area (Å²) < 4.78 is 35.3. The van der Waals surface area contributed by atoms with E-state index >= 15 is 0 Å². The van der Waals surface area contributed by atoms with Crippen molar-refractivity contribution in [1.29, 1.82) is 0 Å². The van der Waals surface area contributed by atoms with Gasteiger partial charge in [0.15, 0.2) is 0 Å². The highest BCUT2D eigenvalue weighted by atomic mass is 16.6. The summed E-state index contributed by atoms with van der Waals surface area (Å²) in [5.74, 6) is -0.935. The third-order valence-corrected chi connectivity index (χ3v) is 11.0. The Morgan fingerprint density at radius 2 is 1.06 bits per heavy atom. The van der Waals surface area contributed by atoms with Gasteiger partial charge in [0.05, 0.1) is 24.4 Å². The number of rotatable bonds is 28. The summed E-state index contributed by atoms with van der Waals surface area (Å²) in [4.78, 5) is 47.3. The van der Waals surface area contributed by atoms with Gasteiger partial charge in [-0.1, -0.05) is 71.1 Å². The van der Waals surface area contributed by atoms with E-state index in [4.69, 9.17) is 28.4 Å². The molecule has 0 bridgehead atoms. The zero-order valence-corrected chi connectivity index (χ0v) is 33.7. The quantitative estimate of drug-likeness (QED) is 0.0434. The van der Waals surface area contributed by atoms with E-state index in [0.717, 1.165) is 115 Å². The van der Waals surface area contributed by atoms with Gasteiger partial charge in [0.2, 0.25) is 0 Å². The van der Waals surface area contributed by atoms with Crippen LogP contribution in [0.1, 0.15) is 189 Å². The molecule has 304 valence electrons. The fourth-order valence-corrected chi connectivity index (χ4v) is 8.27.